The Balaban J connectivity index is 3.50. The van der Waals surface area contributed by atoms with Crippen LogP contribution in [0.15, 0.2) is 0 Å². The highest BCUT2D eigenvalue weighted by molar-refractivity contribution is 4.98. The minimum atomic E-state index is 0.449. The first-order chi connectivity index (χ1) is 7.35. The Morgan fingerprint density at radius 2 is 2.07 bits per heavy atom. The van der Waals surface area contributed by atoms with Crippen molar-refractivity contribution >= 4 is 0 Å². The van der Waals surface area contributed by atoms with Crippen molar-refractivity contribution in [2.45, 2.75) is 32.7 Å². The summed E-state index contributed by atoms with van der Waals surface area (Å²) in [6.07, 6.45) is 1.91. The quantitative estimate of drug-likeness (QED) is 0.464. The highest BCUT2D eigenvalue weighted by atomic mass is 16.5. The molecular weight excluding hydrogens is 190 g/mol. The standard InChI is InChI=1S/C12H23NO2/c1-4-6-7-12(13-5-2)8-9-15-11-10-14-3/h12-13H,5,7-11H2,1-3H3. The predicted octanol–water partition coefficient (Wildman–Crippen LogP) is 1.43. The van der Waals surface area contributed by atoms with Crippen LogP contribution in [0.25, 0.3) is 0 Å². The van der Waals surface area contributed by atoms with Crippen LogP contribution in [0.2, 0.25) is 0 Å². The third-order valence-corrected chi connectivity index (χ3v) is 2.06. The van der Waals surface area contributed by atoms with Gasteiger partial charge in [-0.1, -0.05) is 6.92 Å². The molecule has 0 bridgehead atoms. The first-order valence-corrected chi connectivity index (χ1v) is 5.54. The van der Waals surface area contributed by atoms with E-state index in [0.717, 1.165) is 26.0 Å². The number of methoxy groups -OCH3 is 1. The van der Waals surface area contributed by atoms with Gasteiger partial charge in [0.2, 0.25) is 0 Å². The van der Waals surface area contributed by atoms with E-state index in [4.69, 9.17) is 9.47 Å². The summed E-state index contributed by atoms with van der Waals surface area (Å²) in [7, 11) is 1.68. The Morgan fingerprint density at radius 3 is 2.67 bits per heavy atom. The fourth-order valence-electron chi connectivity index (χ4n) is 1.26. The van der Waals surface area contributed by atoms with Gasteiger partial charge in [0.05, 0.1) is 13.2 Å². The summed E-state index contributed by atoms with van der Waals surface area (Å²) in [5.41, 5.74) is 0. The Labute approximate surface area is 93.5 Å². The van der Waals surface area contributed by atoms with Gasteiger partial charge in [0.15, 0.2) is 0 Å². The maximum atomic E-state index is 5.42. The second-order valence-corrected chi connectivity index (χ2v) is 3.28. The molecule has 0 aliphatic carbocycles. The molecule has 0 aliphatic rings. The first kappa shape index (κ1) is 14.4. The Morgan fingerprint density at radius 1 is 1.27 bits per heavy atom. The number of hydrogen-bond acceptors (Lipinski definition) is 3. The molecule has 0 rings (SSSR count). The van der Waals surface area contributed by atoms with Gasteiger partial charge in [-0.05, 0) is 19.9 Å². The lowest BCUT2D eigenvalue weighted by Crippen LogP contribution is -2.29. The molecule has 1 atom stereocenters. The van der Waals surface area contributed by atoms with Crippen molar-refractivity contribution in [3.05, 3.63) is 0 Å². The highest BCUT2D eigenvalue weighted by Gasteiger charge is 2.04. The third-order valence-electron chi connectivity index (χ3n) is 2.06. The van der Waals surface area contributed by atoms with Gasteiger partial charge in [0, 0.05) is 26.2 Å². The number of hydrogen-bond donors (Lipinski definition) is 1. The van der Waals surface area contributed by atoms with Crippen LogP contribution in [-0.2, 0) is 9.47 Å². The molecule has 3 nitrogen and oxygen atoms in total. The molecule has 1 unspecified atom stereocenters. The summed E-state index contributed by atoms with van der Waals surface area (Å²) < 4.78 is 10.3. The molecule has 0 saturated carbocycles. The number of ether oxygens (including phenoxy) is 2. The Hall–Kier alpha value is -0.560. The molecule has 0 radical (unpaired) electrons. The van der Waals surface area contributed by atoms with Crippen molar-refractivity contribution in [1.29, 1.82) is 0 Å². The van der Waals surface area contributed by atoms with Crippen LogP contribution >= 0.6 is 0 Å². The number of rotatable bonds is 9. The molecule has 0 spiro atoms. The summed E-state index contributed by atoms with van der Waals surface area (Å²) in [6.45, 7) is 7.08. The third kappa shape index (κ3) is 9.74. The van der Waals surface area contributed by atoms with Gasteiger partial charge >= 0.3 is 0 Å². The van der Waals surface area contributed by atoms with Gasteiger partial charge in [-0.15, -0.1) is 11.8 Å². The van der Waals surface area contributed by atoms with Gasteiger partial charge in [0.1, 0.15) is 0 Å². The van der Waals surface area contributed by atoms with Crippen molar-refractivity contribution in [2.24, 2.45) is 0 Å². The van der Waals surface area contributed by atoms with Crippen LogP contribution in [0.3, 0.4) is 0 Å². The summed E-state index contributed by atoms with van der Waals surface area (Å²) in [4.78, 5) is 0. The second kappa shape index (κ2) is 11.5. The van der Waals surface area contributed by atoms with Crippen LogP contribution in [0.4, 0.5) is 0 Å². The topological polar surface area (TPSA) is 30.5 Å². The molecule has 1 N–H and O–H groups in total. The van der Waals surface area contributed by atoms with Crippen molar-refractivity contribution < 1.29 is 9.47 Å². The summed E-state index contributed by atoms with van der Waals surface area (Å²) >= 11 is 0. The summed E-state index contributed by atoms with van der Waals surface area (Å²) in [5, 5.41) is 3.39. The fourth-order valence-corrected chi connectivity index (χ4v) is 1.26. The average Bonchev–Trinajstić information content (AvgIpc) is 2.25. The van der Waals surface area contributed by atoms with E-state index < -0.39 is 0 Å². The molecule has 0 aromatic heterocycles. The van der Waals surface area contributed by atoms with E-state index in [9.17, 15) is 0 Å². The van der Waals surface area contributed by atoms with Crippen LogP contribution in [0.5, 0.6) is 0 Å². The van der Waals surface area contributed by atoms with Crippen molar-refractivity contribution in [1.82, 2.24) is 5.32 Å². The van der Waals surface area contributed by atoms with E-state index in [-0.39, 0.29) is 0 Å². The zero-order valence-electron chi connectivity index (χ0n) is 10.1. The molecule has 0 fully saturated rings. The fraction of sp³-hybridized carbons (Fsp3) is 0.833. The minimum Gasteiger partial charge on any atom is -0.382 e. The average molecular weight is 213 g/mol. The van der Waals surface area contributed by atoms with Crippen LogP contribution in [0, 0.1) is 11.8 Å². The molecule has 0 aromatic rings. The molecule has 15 heavy (non-hydrogen) atoms. The van der Waals surface area contributed by atoms with Crippen LogP contribution in [-0.4, -0.2) is 39.5 Å². The molecule has 88 valence electrons. The van der Waals surface area contributed by atoms with E-state index in [1.807, 2.05) is 6.92 Å². The summed E-state index contributed by atoms with van der Waals surface area (Å²) in [6, 6.07) is 0.449. The SMILES string of the molecule is CC#CCC(CCOCCOC)NCC. The molecule has 0 aromatic carbocycles. The van der Waals surface area contributed by atoms with Crippen molar-refractivity contribution in [3.8, 4) is 11.8 Å². The maximum absolute atomic E-state index is 5.42. The van der Waals surface area contributed by atoms with Crippen LogP contribution in [0.1, 0.15) is 26.7 Å². The zero-order valence-corrected chi connectivity index (χ0v) is 10.1. The zero-order chi connectivity index (χ0) is 11.4. The van der Waals surface area contributed by atoms with E-state index in [1.165, 1.54) is 0 Å². The van der Waals surface area contributed by atoms with Crippen molar-refractivity contribution in [2.75, 3.05) is 33.5 Å². The molecule has 3 heteroatoms. The van der Waals surface area contributed by atoms with E-state index >= 15 is 0 Å². The first-order valence-electron chi connectivity index (χ1n) is 5.54. The predicted molar refractivity (Wildman–Crippen MR) is 62.8 cm³/mol. The van der Waals surface area contributed by atoms with E-state index in [0.29, 0.717) is 19.3 Å². The van der Waals surface area contributed by atoms with Gasteiger partial charge in [-0.2, -0.15) is 0 Å². The molecular formula is C12H23NO2. The molecule has 0 amide bonds. The smallest absolute Gasteiger partial charge is 0.0700 e. The monoisotopic (exact) mass is 213 g/mol. The Bertz CT molecular complexity index is 184. The lowest BCUT2D eigenvalue weighted by atomic mass is 10.1. The normalized spacial score (nSPS) is 11.9. The van der Waals surface area contributed by atoms with Gasteiger partial charge in [-0.3, -0.25) is 0 Å². The van der Waals surface area contributed by atoms with Gasteiger partial charge in [0.25, 0.3) is 0 Å². The maximum Gasteiger partial charge on any atom is 0.0700 e. The highest BCUT2D eigenvalue weighted by Crippen LogP contribution is 1.97. The molecule has 0 aliphatic heterocycles. The van der Waals surface area contributed by atoms with Crippen LogP contribution < -0.4 is 5.32 Å². The lowest BCUT2D eigenvalue weighted by molar-refractivity contribution is 0.0660. The number of nitrogens with one attached hydrogen (secondary N) is 1. The summed E-state index contributed by atoms with van der Waals surface area (Å²) in [5.74, 6) is 6.01. The Kier molecular flexibility index (Phi) is 11.1. The van der Waals surface area contributed by atoms with Gasteiger partial charge in [-0.25, -0.2) is 0 Å². The van der Waals surface area contributed by atoms with E-state index in [2.05, 4.69) is 24.1 Å². The minimum absolute atomic E-state index is 0.449. The van der Waals surface area contributed by atoms with Crippen molar-refractivity contribution in [3.63, 3.8) is 0 Å². The van der Waals surface area contributed by atoms with Gasteiger partial charge < -0.3 is 14.8 Å². The largest absolute Gasteiger partial charge is 0.382 e. The second-order valence-electron chi connectivity index (χ2n) is 3.28. The lowest BCUT2D eigenvalue weighted by Gasteiger charge is -2.14. The molecule has 0 heterocycles. The molecule has 0 saturated heterocycles. The van der Waals surface area contributed by atoms with E-state index in [1.54, 1.807) is 7.11 Å².